The quantitative estimate of drug-likeness (QED) is 0.784. The molecule has 0 aliphatic rings. The first-order chi connectivity index (χ1) is 10.3. The first-order valence-electron chi connectivity index (χ1n) is 6.86. The van der Waals surface area contributed by atoms with E-state index in [4.69, 9.17) is 10.5 Å². The fourth-order valence-electron chi connectivity index (χ4n) is 2.40. The van der Waals surface area contributed by atoms with Gasteiger partial charge in [0.1, 0.15) is 18.2 Å². The third kappa shape index (κ3) is 2.88. The van der Waals surface area contributed by atoms with Crippen LogP contribution in [0.5, 0.6) is 5.75 Å². The number of hydrogen-bond donors (Lipinski definition) is 1. The first-order valence-corrected chi connectivity index (χ1v) is 6.86. The smallest absolute Gasteiger partial charge is 0.127 e. The summed E-state index contributed by atoms with van der Waals surface area (Å²) in [5, 5.41) is 2.20. The predicted octanol–water partition coefficient (Wildman–Crippen LogP) is 4.02. The van der Waals surface area contributed by atoms with Gasteiger partial charge in [-0.3, -0.25) is 0 Å². The van der Waals surface area contributed by atoms with Crippen LogP contribution in [-0.2, 0) is 13.2 Å². The molecule has 0 radical (unpaired) electrons. The van der Waals surface area contributed by atoms with Crippen molar-refractivity contribution in [1.29, 1.82) is 0 Å². The minimum Gasteiger partial charge on any atom is -0.488 e. The summed E-state index contributed by atoms with van der Waals surface area (Å²) in [5.74, 6) is 0.546. The van der Waals surface area contributed by atoms with Gasteiger partial charge in [0.15, 0.2) is 0 Å². The van der Waals surface area contributed by atoms with Crippen molar-refractivity contribution in [2.75, 3.05) is 0 Å². The zero-order valence-corrected chi connectivity index (χ0v) is 11.6. The molecule has 0 aromatic heterocycles. The number of halogens is 1. The monoisotopic (exact) mass is 281 g/mol. The van der Waals surface area contributed by atoms with Crippen LogP contribution in [0.15, 0.2) is 60.7 Å². The average molecular weight is 281 g/mol. The first kappa shape index (κ1) is 13.6. The third-order valence-corrected chi connectivity index (χ3v) is 3.52. The van der Waals surface area contributed by atoms with Crippen molar-refractivity contribution in [3.63, 3.8) is 0 Å². The predicted molar refractivity (Wildman–Crippen MR) is 82.6 cm³/mol. The van der Waals surface area contributed by atoms with Gasteiger partial charge >= 0.3 is 0 Å². The molecule has 0 unspecified atom stereocenters. The van der Waals surface area contributed by atoms with Crippen LogP contribution in [-0.4, -0.2) is 0 Å². The van der Waals surface area contributed by atoms with Crippen LogP contribution in [0.2, 0.25) is 0 Å². The summed E-state index contributed by atoms with van der Waals surface area (Å²) in [7, 11) is 0. The van der Waals surface area contributed by atoms with Gasteiger partial charge in [0.05, 0.1) is 0 Å². The summed E-state index contributed by atoms with van der Waals surface area (Å²) in [4.78, 5) is 0. The van der Waals surface area contributed by atoms with E-state index < -0.39 is 0 Å². The lowest BCUT2D eigenvalue weighted by molar-refractivity contribution is 0.308. The Labute approximate surface area is 123 Å². The zero-order chi connectivity index (χ0) is 14.7. The molecule has 21 heavy (non-hydrogen) atoms. The van der Waals surface area contributed by atoms with E-state index in [1.54, 1.807) is 6.07 Å². The molecular weight excluding hydrogens is 265 g/mol. The van der Waals surface area contributed by atoms with Crippen molar-refractivity contribution in [2.45, 2.75) is 13.2 Å². The Morgan fingerprint density at radius 2 is 1.71 bits per heavy atom. The van der Waals surface area contributed by atoms with Crippen molar-refractivity contribution in [1.82, 2.24) is 0 Å². The largest absolute Gasteiger partial charge is 0.488 e. The van der Waals surface area contributed by atoms with Gasteiger partial charge in [-0.2, -0.15) is 0 Å². The van der Waals surface area contributed by atoms with Gasteiger partial charge in [-0.1, -0.05) is 42.5 Å². The summed E-state index contributed by atoms with van der Waals surface area (Å²) >= 11 is 0. The molecule has 0 aliphatic carbocycles. The van der Waals surface area contributed by atoms with E-state index in [1.807, 2.05) is 42.5 Å². The highest BCUT2D eigenvalue weighted by molar-refractivity contribution is 5.88. The molecule has 0 spiro atoms. The van der Waals surface area contributed by atoms with Crippen molar-refractivity contribution < 1.29 is 9.13 Å². The van der Waals surface area contributed by atoms with Gasteiger partial charge in [0.25, 0.3) is 0 Å². The zero-order valence-electron chi connectivity index (χ0n) is 11.6. The Hall–Kier alpha value is -2.39. The number of ether oxygens (including phenoxy) is 1. The third-order valence-electron chi connectivity index (χ3n) is 3.52. The van der Waals surface area contributed by atoms with Gasteiger partial charge in [0, 0.05) is 11.9 Å². The second-order valence-electron chi connectivity index (χ2n) is 4.88. The van der Waals surface area contributed by atoms with Gasteiger partial charge in [0.2, 0.25) is 0 Å². The van der Waals surface area contributed by atoms with Crippen molar-refractivity contribution in [3.05, 3.63) is 77.6 Å². The van der Waals surface area contributed by atoms with E-state index in [0.717, 1.165) is 27.6 Å². The molecule has 3 rings (SSSR count). The Balaban J connectivity index is 1.87. The molecule has 3 aromatic carbocycles. The molecule has 106 valence electrons. The van der Waals surface area contributed by atoms with E-state index in [-0.39, 0.29) is 5.82 Å². The lowest BCUT2D eigenvalue weighted by Crippen LogP contribution is -2.05. The van der Waals surface area contributed by atoms with E-state index in [0.29, 0.717) is 13.2 Å². The van der Waals surface area contributed by atoms with Crippen LogP contribution in [0.1, 0.15) is 11.1 Å². The molecule has 3 aromatic rings. The minimum atomic E-state index is -0.274. The highest BCUT2D eigenvalue weighted by Crippen LogP contribution is 2.26. The molecular formula is C18H16FNO. The summed E-state index contributed by atoms with van der Waals surface area (Å²) in [6.45, 7) is 0.673. The maximum Gasteiger partial charge on any atom is 0.127 e. The van der Waals surface area contributed by atoms with Crippen LogP contribution in [0.4, 0.5) is 4.39 Å². The van der Waals surface area contributed by atoms with Crippen LogP contribution in [0.3, 0.4) is 0 Å². The lowest BCUT2D eigenvalue weighted by Gasteiger charge is -2.12. The van der Waals surface area contributed by atoms with E-state index in [9.17, 15) is 4.39 Å². The van der Waals surface area contributed by atoms with Gasteiger partial charge in [-0.05, 0) is 34.7 Å². The number of benzene rings is 3. The fraction of sp³-hybridized carbons (Fsp3) is 0.111. The molecule has 0 atom stereocenters. The summed E-state index contributed by atoms with van der Waals surface area (Å²) in [5.41, 5.74) is 7.34. The van der Waals surface area contributed by atoms with Crippen LogP contribution in [0, 0.1) is 5.82 Å². The van der Waals surface area contributed by atoms with Crippen LogP contribution in [0.25, 0.3) is 10.8 Å². The van der Waals surface area contributed by atoms with E-state index in [2.05, 4.69) is 0 Å². The average Bonchev–Trinajstić information content (AvgIpc) is 2.53. The topological polar surface area (TPSA) is 35.2 Å². The molecule has 0 fully saturated rings. The lowest BCUT2D eigenvalue weighted by atomic mass is 10.1. The number of rotatable bonds is 4. The molecule has 0 bridgehead atoms. The Morgan fingerprint density at radius 1 is 0.905 bits per heavy atom. The highest BCUT2D eigenvalue weighted by Gasteiger charge is 2.06. The molecule has 0 amide bonds. The maximum atomic E-state index is 13.2. The summed E-state index contributed by atoms with van der Waals surface area (Å²) < 4.78 is 19.1. The van der Waals surface area contributed by atoms with Gasteiger partial charge in [-0.25, -0.2) is 4.39 Å². The standard InChI is InChI=1S/C18H16FNO/c19-16-9-8-14(15(10-16)11-20)12-21-18-7-3-5-13-4-1-2-6-17(13)18/h1-10H,11-12,20H2. The molecule has 0 saturated heterocycles. The van der Waals surface area contributed by atoms with Gasteiger partial charge in [-0.15, -0.1) is 0 Å². The SMILES string of the molecule is NCc1cc(F)ccc1COc1cccc2ccccc12. The van der Waals surface area contributed by atoms with Crippen LogP contribution >= 0.6 is 0 Å². The van der Waals surface area contributed by atoms with Crippen molar-refractivity contribution >= 4 is 10.8 Å². The second kappa shape index (κ2) is 5.94. The van der Waals surface area contributed by atoms with E-state index >= 15 is 0 Å². The Morgan fingerprint density at radius 3 is 2.57 bits per heavy atom. The van der Waals surface area contributed by atoms with Crippen molar-refractivity contribution in [2.24, 2.45) is 5.73 Å². The summed E-state index contributed by atoms with van der Waals surface area (Å²) in [6.07, 6.45) is 0. The normalized spacial score (nSPS) is 10.8. The number of fused-ring (bicyclic) bond motifs is 1. The van der Waals surface area contributed by atoms with Crippen LogP contribution < -0.4 is 10.5 Å². The Bertz CT molecular complexity index is 765. The minimum absolute atomic E-state index is 0.274. The molecule has 2 nitrogen and oxygen atoms in total. The Kier molecular flexibility index (Phi) is 3.84. The second-order valence-corrected chi connectivity index (χ2v) is 4.88. The fourth-order valence-corrected chi connectivity index (χ4v) is 2.40. The van der Waals surface area contributed by atoms with E-state index in [1.165, 1.54) is 12.1 Å². The maximum absolute atomic E-state index is 13.2. The number of nitrogens with two attached hydrogens (primary N) is 1. The highest BCUT2D eigenvalue weighted by atomic mass is 19.1. The molecule has 0 heterocycles. The molecule has 2 N–H and O–H groups in total. The molecule has 3 heteroatoms. The van der Waals surface area contributed by atoms with Crippen molar-refractivity contribution in [3.8, 4) is 5.75 Å². The number of hydrogen-bond acceptors (Lipinski definition) is 2. The van der Waals surface area contributed by atoms with Gasteiger partial charge < -0.3 is 10.5 Å². The summed E-state index contributed by atoms with van der Waals surface area (Å²) in [6, 6.07) is 18.6. The molecule has 0 saturated carbocycles. The molecule has 0 aliphatic heterocycles.